The third kappa shape index (κ3) is 2.48. The molecule has 1 fully saturated rings. The topological polar surface area (TPSA) is 3.24 Å². The quantitative estimate of drug-likeness (QED) is 0.603. The van der Waals surface area contributed by atoms with Crippen LogP contribution in [0.5, 0.6) is 0 Å². The van der Waals surface area contributed by atoms with E-state index in [1.54, 1.807) is 0 Å². The van der Waals surface area contributed by atoms with Crippen LogP contribution in [0, 0.1) is 6.92 Å². The molecule has 1 atom stereocenters. The zero-order valence-corrected chi connectivity index (χ0v) is 7.68. The van der Waals surface area contributed by atoms with Crippen molar-refractivity contribution >= 4 is 0 Å². The third-order valence-electron chi connectivity index (χ3n) is 2.69. The molecule has 0 spiro atoms. The van der Waals surface area contributed by atoms with Gasteiger partial charge in [0.15, 0.2) is 0 Å². The molecule has 0 aliphatic carbocycles. The van der Waals surface area contributed by atoms with Gasteiger partial charge in [-0.1, -0.05) is 26.7 Å². The van der Waals surface area contributed by atoms with Crippen molar-refractivity contribution in [2.75, 3.05) is 13.1 Å². The minimum atomic E-state index is 0.853. The maximum absolute atomic E-state index is 3.92. The number of rotatable bonds is 3. The lowest BCUT2D eigenvalue weighted by Gasteiger charge is -2.34. The number of hydrogen-bond acceptors (Lipinski definition) is 1. The Morgan fingerprint density at radius 3 is 2.91 bits per heavy atom. The van der Waals surface area contributed by atoms with E-state index in [9.17, 15) is 0 Å². The zero-order valence-electron chi connectivity index (χ0n) is 7.68. The van der Waals surface area contributed by atoms with Gasteiger partial charge in [-0.05, 0) is 32.4 Å². The number of likely N-dealkylation sites (tertiary alicyclic amines) is 1. The van der Waals surface area contributed by atoms with Crippen LogP contribution in [-0.2, 0) is 0 Å². The fourth-order valence-electron chi connectivity index (χ4n) is 2.04. The summed E-state index contributed by atoms with van der Waals surface area (Å²) in [6.45, 7) is 8.73. The highest BCUT2D eigenvalue weighted by atomic mass is 15.2. The fraction of sp³-hybridized carbons (Fsp3) is 0.900. The first-order valence-corrected chi connectivity index (χ1v) is 4.91. The van der Waals surface area contributed by atoms with Crippen LogP contribution in [0.25, 0.3) is 0 Å². The fourth-order valence-corrected chi connectivity index (χ4v) is 2.04. The normalized spacial score (nSPS) is 27.3. The molecular weight excluding hydrogens is 134 g/mol. The second kappa shape index (κ2) is 4.76. The van der Waals surface area contributed by atoms with Gasteiger partial charge in [0.05, 0.1) is 0 Å². The zero-order chi connectivity index (χ0) is 8.10. The van der Waals surface area contributed by atoms with E-state index in [2.05, 4.69) is 18.7 Å². The summed E-state index contributed by atoms with van der Waals surface area (Å²) in [5.74, 6) is 0. The lowest BCUT2D eigenvalue weighted by atomic mass is 9.98. The standard InChI is InChI=1S/C10H20N/c1-3-7-10-8-5-6-9-11(10)4-2/h10H,1,3-9H2,2H3. The average molecular weight is 154 g/mol. The molecule has 1 rings (SSSR count). The predicted octanol–water partition coefficient (Wildman–Crippen LogP) is 2.48. The van der Waals surface area contributed by atoms with Crippen molar-refractivity contribution in [2.45, 2.75) is 45.1 Å². The first kappa shape index (κ1) is 9.05. The summed E-state index contributed by atoms with van der Waals surface area (Å²) in [6.07, 6.45) is 6.64. The molecule has 65 valence electrons. The monoisotopic (exact) mass is 154 g/mol. The van der Waals surface area contributed by atoms with Crippen LogP contribution in [-0.4, -0.2) is 24.0 Å². The molecule has 0 aromatic rings. The number of nitrogens with zero attached hydrogens (tertiary/aromatic N) is 1. The van der Waals surface area contributed by atoms with Crippen molar-refractivity contribution in [3.05, 3.63) is 6.92 Å². The Morgan fingerprint density at radius 2 is 2.27 bits per heavy atom. The SMILES string of the molecule is [CH2]CCC1CCCCN1CC. The molecule has 0 aromatic carbocycles. The van der Waals surface area contributed by atoms with E-state index in [-0.39, 0.29) is 0 Å². The molecule has 1 saturated heterocycles. The highest BCUT2D eigenvalue weighted by Gasteiger charge is 2.19. The summed E-state index contributed by atoms with van der Waals surface area (Å²) in [7, 11) is 0. The molecule has 11 heavy (non-hydrogen) atoms. The summed E-state index contributed by atoms with van der Waals surface area (Å²) in [5, 5.41) is 0. The summed E-state index contributed by atoms with van der Waals surface area (Å²) >= 11 is 0. The van der Waals surface area contributed by atoms with Gasteiger partial charge >= 0.3 is 0 Å². The van der Waals surface area contributed by atoms with Crippen molar-refractivity contribution in [3.63, 3.8) is 0 Å². The molecule has 1 heteroatoms. The minimum Gasteiger partial charge on any atom is -0.301 e. The maximum atomic E-state index is 3.92. The molecule has 0 saturated carbocycles. The summed E-state index contributed by atoms with van der Waals surface area (Å²) in [6, 6.07) is 0.853. The number of piperidine rings is 1. The van der Waals surface area contributed by atoms with Gasteiger partial charge in [0.25, 0.3) is 0 Å². The summed E-state index contributed by atoms with van der Waals surface area (Å²) < 4.78 is 0. The van der Waals surface area contributed by atoms with Crippen molar-refractivity contribution in [2.24, 2.45) is 0 Å². The van der Waals surface area contributed by atoms with Crippen LogP contribution < -0.4 is 0 Å². The third-order valence-corrected chi connectivity index (χ3v) is 2.69. The average Bonchev–Trinajstić information content (AvgIpc) is 2.06. The largest absolute Gasteiger partial charge is 0.301 e. The van der Waals surface area contributed by atoms with Gasteiger partial charge in [-0.2, -0.15) is 0 Å². The second-order valence-electron chi connectivity index (χ2n) is 3.42. The van der Waals surface area contributed by atoms with Crippen molar-refractivity contribution in [3.8, 4) is 0 Å². The molecule has 1 nitrogen and oxygen atoms in total. The van der Waals surface area contributed by atoms with Gasteiger partial charge in [0.2, 0.25) is 0 Å². The number of hydrogen-bond donors (Lipinski definition) is 0. The summed E-state index contributed by atoms with van der Waals surface area (Å²) in [4.78, 5) is 2.61. The van der Waals surface area contributed by atoms with Crippen molar-refractivity contribution in [1.29, 1.82) is 0 Å². The maximum Gasteiger partial charge on any atom is 0.00951 e. The van der Waals surface area contributed by atoms with E-state index >= 15 is 0 Å². The van der Waals surface area contributed by atoms with Crippen LogP contribution >= 0.6 is 0 Å². The van der Waals surface area contributed by atoms with Crippen molar-refractivity contribution in [1.82, 2.24) is 4.90 Å². The van der Waals surface area contributed by atoms with Crippen molar-refractivity contribution < 1.29 is 0 Å². The van der Waals surface area contributed by atoms with E-state index in [1.165, 1.54) is 38.8 Å². The molecular formula is C10H20N. The Bertz CT molecular complexity index is 99.0. The molecule has 1 unspecified atom stereocenters. The Morgan fingerprint density at radius 1 is 1.45 bits per heavy atom. The molecule has 0 bridgehead atoms. The molecule has 1 radical (unpaired) electrons. The Labute approximate surface area is 70.8 Å². The molecule has 1 heterocycles. The van der Waals surface area contributed by atoms with Gasteiger partial charge in [0.1, 0.15) is 0 Å². The van der Waals surface area contributed by atoms with Gasteiger partial charge in [0, 0.05) is 6.04 Å². The molecule has 0 aromatic heterocycles. The Kier molecular flexibility index (Phi) is 3.92. The van der Waals surface area contributed by atoms with Crippen LogP contribution in [0.3, 0.4) is 0 Å². The first-order valence-electron chi connectivity index (χ1n) is 4.91. The van der Waals surface area contributed by atoms with E-state index in [4.69, 9.17) is 0 Å². The van der Waals surface area contributed by atoms with Crippen LogP contribution in [0.4, 0.5) is 0 Å². The molecule has 1 aliphatic heterocycles. The van der Waals surface area contributed by atoms with E-state index in [0.717, 1.165) is 12.5 Å². The predicted molar refractivity (Wildman–Crippen MR) is 49.5 cm³/mol. The Balaban J connectivity index is 2.31. The lowest BCUT2D eigenvalue weighted by molar-refractivity contribution is 0.149. The molecule has 1 aliphatic rings. The highest BCUT2D eigenvalue weighted by Crippen LogP contribution is 2.19. The smallest absolute Gasteiger partial charge is 0.00951 e. The van der Waals surface area contributed by atoms with Crippen LogP contribution in [0.15, 0.2) is 0 Å². The molecule has 0 amide bonds. The first-order chi connectivity index (χ1) is 5.38. The van der Waals surface area contributed by atoms with E-state index in [0.29, 0.717) is 0 Å². The Hall–Kier alpha value is -0.0400. The molecule has 0 N–H and O–H groups in total. The lowest BCUT2D eigenvalue weighted by Crippen LogP contribution is -2.39. The van der Waals surface area contributed by atoms with Crippen LogP contribution in [0.2, 0.25) is 0 Å². The second-order valence-corrected chi connectivity index (χ2v) is 3.42. The van der Waals surface area contributed by atoms with E-state index < -0.39 is 0 Å². The van der Waals surface area contributed by atoms with Gasteiger partial charge in [-0.3, -0.25) is 0 Å². The summed E-state index contributed by atoms with van der Waals surface area (Å²) in [5.41, 5.74) is 0. The van der Waals surface area contributed by atoms with Gasteiger partial charge in [-0.15, -0.1) is 0 Å². The van der Waals surface area contributed by atoms with Crippen LogP contribution in [0.1, 0.15) is 39.0 Å². The highest BCUT2D eigenvalue weighted by molar-refractivity contribution is 4.75. The minimum absolute atomic E-state index is 0.853. The van der Waals surface area contributed by atoms with E-state index in [1.807, 2.05) is 0 Å². The van der Waals surface area contributed by atoms with Gasteiger partial charge < -0.3 is 4.90 Å². The van der Waals surface area contributed by atoms with Gasteiger partial charge in [-0.25, -0.2) is 0 Å².